The molecule has 0 amide bonds. The maximum Gasteiger partial charge on any atom is 0.141 e. The molecule has 3 nitrogen and oxygen atoms in total. The smallest absolute Gasteiger partial charge is 0.141 e. The van der Waals surface area contributed by atoms with Gasteiger partial charge in [0.15, 0.2) is 0 Å². The van der Waals surface area contributed by atoms with Crippen LogP contribution in [0.4, 0.5) is 5.69 Å². The van der Waals surface area contributed by atoms with E-state index in [0.29, 0.717) is 5.02 Å². The van der Waals surface area contributed by atoms with Crippen LogP contribution in [-0.2, 0) is 0 Å². The van der Waals surface area contributed by atoms with E-state index in [9.17, 15) is 5.26 Å². The SMILES string of the molecule is COc1ccc(NC(C#N)c2cc(Br)ccc2Cl)cc1. The Labute approximate surface area is 131 Å². The highest BCUT2D eigenvalue weighted by Crippen LogP contribution is 2.29. The molecule has 0 spiro atoms. The lowest BCUT2D eigenvalue weighted by Crippen LogP contribution is -2.09. The number of benzene rings is 2. The molecule has 0 heterocycles. The van der Waals surface area contributed by atoms with Crippen molar-refractivity contribution in [2.75, 3.05) is 12.4 Å². The van der Waals surface area contributed by atoms with Crippen molar-refractivity contribution in [3.05, 3.63) is 57.5 Å². The van der Waals surface area contributed by atoms with Gasteiger partial charge >= 0.3 is 0 Å². The summed E-state index contributed by atoms with van der Waals surface area (Å²) >= 11 is 9.54. The fourth-order valence-electron chi connectivity index (χ4n) is 1.77. The van der Waals surface area contributed by atoms with Gasteiger partial charge in [0, 0.05) is 20.7 Å². The predicted molar refractivity (Wildman–Crippen MR) is 84.1 cm³/mol. The minimum Gasteiger partial charge on any atom is -0.497 e. The van der Waals surface area contributed by atoms with Gasteiger partial charge in [-0.1, -0.05) is 27.5 Å². The van der Waals surface area contributed by atoms with Gasteiger partial charge in [-0.05, 0) is 42.5 Å². The molecule has 2 rings (SSSR count). The molecule has 5 heteroatoms. The molecule has 0 saturated carbocycles. The second kappa shape index (κ2) is 6.65. The van der Waals surface area contributed by atoms with E-state index in [1.807, 2.05) is 36.4 Å². The van der Waals surface area contributed by atoms with E-state index in [4.69, 9.17) is 16.3 Å². The van der Waals surface area contributed by atoms with Gasteiger partial charge in [-0.25, -0.2) is 0 Å². The van der Waals surface area contributed by atoms with Crippen LogP contribution in [0.5, 0.6) is 5.75 Å². The van der Waals surface area contributed by atoms with Crippen LogP contribution in [0.15, 0.2) is 46.9 Å². The Hall–Kier alpha value is -1.70. The zero-order chi connectivity index (χ0) is 14.5. The number of methoxy groups -OCH3 is 1. The van der Waals surface area contributed by atoms with Crippen molar-refractivity contribution in [3.63, 3.8) is 0 Å². The van der Waals surface area contributed by atoms with E-state index in [0.717, 1.165) is 21.5 Å². The summed E-state index contributed by atoms with van der Waals surface area (Å²) < 4.78 is 5.98. The lowest BCUT2D eigenvalue weighted by molar-refractivity contribution is 0.415. The molecule has 20 heavy (non-hydrogen) atoms. The third kappa shape index (κ3) is 3.44. The number of ether oxygens (including phenoxy) is 1. The summed E-state index contributed by atoms with van der Waals surface area (Å²) in [5.41, 5.74) is 1.56. The molecule has 1 unspecified atom stereocenters. The number of nitrogens with zero attached hydrogens (tertiary/aromatic N) is 1. The highest BCUT2D eigenvalue weighted by Gasteiger charge is 2.14. The quantitative estimate of drug-likeness (QED) is 0.861. The number of anilines is 1. The Balaban J connectivity index is 2.24. The van der Waals surface area contributed by atoms with E-state index in [1.54, 1.807) is 13.2 Å². The number of hydrogen-bond donors (Lipinski definition) is 1. The Bertz CT molecular complexity index is 637. The molecular weight excluding hydrogens is 340 g/mol. The average molecular weight is 352 g/mol. The Kier molecular flexibility index (Phi) is 4.89. The molecule has 0 bridgehead atoms. The highest BCUT2D eigenvalue weighted by atomic mass is 79.9. The molecular formula is C15H12BrClN2O. The first kappa shape index (κ1) is 14.7. The van der Waals surface area contributed by atoms with Gasteiger partial charge in [-0.2, -0.15) is 5.26 Å². The maximum absolute atomic E-state index is 9.35. The topological polar surface area (TPSA) is 45.0 Å². The molecule has 0 aliphatic heterocycles. The van der Waals surface area contributed by atoms with Gasteiger partial charge in [0.2, 0.25) is 0 Å². The maximum atomic E-state index is 9.35. The number of hydrogen-bond acceptors (Lipinski definition) is 3. The van der Waals surface area contributed by atoms with Gasteiger partial charge in [0.25, 0.3) is 0 Å². The fourth-order valence-corrected chi connectivity index (χ4v) is 2.37. The zero-order valence-corrected chi connectivity index (χ0v) is 13.1. The summed E-state index contributed by atoms with van der Waals surface area (Å²) in [6.07, 6.45) is 0. The van der Waals surface area contributed by atoms with Crippen molar-refractivity contribution in [1.82, 2.24) is 0 Å². The second-order valence-electron chi connectivity index (χ2n) is 4.10. The number of nitriles is 1. The highest BCUT2D eigenvalue weighted by molar-refractivity contribution is 9.10. The molecule has 2 aromatic carbocycles. The van der Waals surface area contributed by atoms with Crippen LogP contribution in [0.2, 0.25) is 5.02 Å². The fraction of sp³-hybridized carbons (Fsp3) is 0.133. The lowest BCUT2D eigenvalue weighted by Gasteiger charge is -2.15. The molecule has 1 atom stereocenters. The van der Waals surface area contributed by atoms with Gasteiger partial charge in [-0.15, -0.1) is 0 Å². The summed E-state index contributed by atoms with van der Waals surface area (Å²) in [6, 6.07) is 14.5. The van der Waals surface area contributed by atoms with Gasteiger partial charge < -0.3 is 10.1 Å². The summed E-state index contributed by atoms with van der Waals surface area (Å²) in [6.45, 7) is 0. The van der Waals surface area contributed by atoms with Crippen molar-refractivity contribution < 1.29 is 4.74 Å². The van der Waals surface area contributed by atoms with Crippen molar-refractivity contribution >= 4 is 33.2 Å². The van der Waals surface area contributed by atoms with Crippen LogP contribution in [0.3, 0.4) is 0 Å². The monoisotopic (exact) mass is 350 g/mol. The van der Waals surface area contributed by atoms with Crippen LogP contribution in [0.25, 0.3) is 0 Å². The minimum atomic E-state index is -0.520. The predicted octanol–water partition coefficient (Wildman–Crippen LogP) is 4.79. The second-order valence-corrected chi connectivity index (χ2v) is 5.42. The van der Waals surface area contributed by atoms with E-state index in [2.05, 4.69) is 27.3 Å². The Morgan fingerprint density at radius 3 is 2.55 bits per heavy atom. The van der Waals surface area contributed by atoms with Crippen LogP contribution in [0.1, 0.15) is 11.6 Å². The van der Waals surface area contributed by atoms with E-state index in [1.165, 1.54) is 0 Å². The molecule has 0 aromatic heterocycles. The summed E-state index contributed by atoms with van der Waals surface area (Å²) in [7, 11) is 1.61. The average Bonchev–Trinajstić information content (AvgIpc) is 2.48. The van der Waals surface area contributed by atoms with Crippen LogP contribution in [-0.4, -0.2) is 7.11 Å². The molecule has 0 radical (unpaired) electrons. The molecule has 0 fully saturated rings. The number of nitrogens with one attached hydrogen (secondary N) is 1. The third-order valence-corrected chi connectivity index (χ3v) is 3.64. The van der Waals surface area contributed by atoms with E-state index in [-0.39, 0.29) is 0 Å². The molecule has 0 saturated heterocycles. The lowest BCUT2D eigenvalue weighted by atomic mass is 10.1. The third-order valence-electron chi connectivity index (χ3n) is 2.80. The molecule has 0 aliphatic rings. The summed E-state index contributed by atoms with van der Waals surface area (Å²) in [5.74, 6) is 0.768. The first-order valence-electron chi connectivity index (χ1n) is 5.89. The van der Waals surface area contributed by atoms with Crippen LogP contribution >= 0.6 is 27.5 Å². The van der Waals surface area contributed by atoms with E-state index >= 15 is 0 Å². The first-order chi connectivity index (χ1) is 9.63. The van der Waals surface area contributed by atoms with Crippen molar-refractivity contribution in [2.45, 2.75) is 6.04 Å². The molecule has 102 valence electrons. The van der Waals surface area contributed by atoms with Gasteiger partial charge in [-0.3, -0.25) is 0 Å². The van der Waals surface area contributed by atoms with Crippen molar-refractivity contribution in [2.24, 2.45) is 0 Å². The van der Waals surface area contributed by atoms with Gasteiger partial charge in [0.1, 0.15) is 11.8 Å². The molecule has 1 N–H and O–H groups in total. The normalized spacial score (nSPS) is 11.5. The van der Waals surface area contributed by atoms with Crippen molar-refractivity contribution in [1.29, 1.82) is 5.26 Å². The molecule has 0 aliphatic carbocycles. The van der Waals surface area contributed by atoms with Gasteiger partial charge in [0.05, 0.1) is 13.2 Å². The molecule has 2 aromatic rings. The Morgan fingerprint density at radius 2 is 1.95 bits per heavy atom. The standard InChI is InChI=1S/C15H12BrClN2O/c1-20-12-5-3-11(4-6-12)19-15(9-18)13-8-10(16)2-7-14(13)17/h2-8,15,19H,1H3. The number of halogens is 2. The zero-order valence-electron chi connectivity index (χ0n) is 10.7. The van der Waals surface area contributed by atoms with Crippen LogP contribution < -0.4 is 10.1 Å². The largest absolute Gasteiger partial charge is 0.497 e. The Morgan fingerprint density at radius 1 is 1.25 bits per heavy atom. The summed E-state index contributed by atoms with van der Waals surface area (Å²) in [4.78, 5) is 0. The van der Waals surface area contributed by atoms with Crippen molar-refractivity contribution in [3.8, 4) is 11.8 Å². The first-order valence-corrected chi connectivity index (χ1v) is 7.06. The minimum absolute atomic E-state index is 0.520. The summed E-state index contributed by atoms with van der Waals surface area (Å²) in [5, 5.41) is 13.0. The van der Waals surface area contributed by atoms with Crippen LogP contribution in [0, 0.1) is 11.3 Å². The van der Waals surface area contributed by atoms with E-state index < -0.39 is 6.04 Å². The number of rotatable bonds is 4.